The molecule has 1 aromatic carbocycles. The van der Waals surface area contributed by atoms with Gasteiger partial charge in [0.25, 0.3) is 0 Å². The number of hydrogen-bond acceptors (Lipinski definition) is 3. The van der Waals surface area contributed by atoms with Crippen molar-refractivity contribution in [1.82, 2.24) is 10.2 Å². The van der Waals surface area contributed by atoms with Gasteiger partial charge in [0, 0.05) is 13.0 Å². The van der Waals surface area contributed by atoms with Gasteiger partial charge in [0.1, 0.15) is 0 Å². The van der Waals surface area contributed by atoms with Crippen LogP contribution in [0.3, 0.4) is 0 Å². The van der Waals surface area contributed by atoms with E-state index in [1.807, 2.05) is 0 Å². The Morgan fingerprint density at radius 1 is 1.21 bits per heavy atom. The van der Waals surface area contributed by atoms with Gasteiger partial charge in [-0.2, -0.15) is 0 Å². The van der Waals surface area contributed by atoms with Gasteiger partial charge in [-0.3, -0.25) is 4.79 Å². The van der Waals surface area contributed by atoms with Crippen LogP contribution in [0.2, 0.25) is 0 Å². The van der Waals surface area contributed by atoms with Crippen LogP contribution in [-0.2, 0) is 4.79 Å². The lowest BCUT2D eigenvalue weighted by Gasteiger charge is -2.36. The molecule has 1 amide bonds. The molecule has 24 heavy (non-hydrogen) atoms. The molecule has 1 aromatic rings. The first kappa shape index (κ1) is 18.9. The number of carbonyl (C=O) groups is 1. The lowest BCUT2D eigenvalue weighted by Crippen LogP contribution is -2.41. The zero-order valence-electron chi connectivity index (χ0n) is 15.5. The molecule has 0 bridgehead atoms. The van der Waals surface area contributed by atoms with Crippen LogP contribution in [0.1, 0.15) is 55.7 Å². The van der Waals surface area contributed by atoms with Gasteiger partial charge in [-0.25, -0.2) is 0 Å². The van der Waals surface area contributed by atoms with Gasteiger partial charge in [-0.15, -0.1) is 0 Å². The molecule has 4 nitrogen and oxygen atoms in total. The molecule has 0 saturated heterocycles. The van der Waals surface area contributed by atoms with Crippen molar-refractivity contribution < 1.29 is 4.79 Å². The molecule has 2 rings (SSSR count). The van der Waals surface area contributed by atoms with Crippen molar-refractivity contribution in [2.75, 3.05) is 27.2 Å². The largest absolute Gasteiger partial charge is 0.354 e. The third-order valence-electron chi connectivity index (χ3n) is 5.46. The normalized spacial score (nSPS) is 18.4. The molecule has 0 aliphatic heterocycles. The van der Waals surface area contributed by atoms with Gasteiger partial charge in [0.15, 0.2) is 0 Å². The fraction of sp³-hybridized carbons (Fsp3) is 0.650. The van der Waals surface area contributed by atoms with Gasteiger partial charge in [-0.05, 0) is 51.4 Å². The molecule has 1 saturated carbocycles. The minimum Gasteiger partial charge on any atom is -0.354 e. The Balaban J connectivity index is 1.93. The van der Waals surface area contributed by atoms with E-state index in [4.69, 9.17) is 5.73 Å². The van der Waals surface area contributed by atoms with Crippen LogP contribution in [0.25, 0.3) is 0 Å². The average molecular weight is 332 g/mol. The van der Waals surface area contributed by atoms with Crippen LogP contribution in [0.15, 0.2) is 24.3 Å². The van der Waals surface area contributed by atoms with Gasteiger partial charge in [0.2, 0.25) is 5.91 Å². The fourth-order valence-corrected chi connectivity index (χ4v) is 3.76. The van der Waals surface area contributed by atoms with Crippen LogP contribution in [0.5, 0.6) is 0 Å². The Labute approximate surface area is 146 Å². The number of nitrogens with two attached hydrogens (primary N) is 1. The molecule has 4 heteroatoms. The molecule has 1 aliphatic carbocycles. The maximum Gasteiger partial charge on any atom is 0.220 e. The molecule has 1 atom stereocenters. The summed E-state index contributed by atoms with van der Waals surface area (Å²) in [6.45, 7) is 3.34. The molecular weight excluding hydrogens is 298 g/mol. The molecule has 0 heterocycles. The number of aryl methyl sites for hydroxylation is 1. The second-order valence-corrected chi connectivity index (χ2v) is 7.64. The number of benzene rings is 1. The first-order chi connectivity index (χ1) is 11.5. The van der Waals surface area contributed by atoms with Crippen LogP contribution in [0, 0.1) is 12.3 Å². The topological polar surface area (TPSA) is 58.4 Å². The zero-order valence-corrected chi connectivity index (χ0v) is 15.5. The standard InChI is InChI=1S/C20H33N3O/c1-16-7-9-17(10-8-16)18(23(2)3)14-22-19(24)13-20(15-21)11-5-4-6-12-20/h7-10,18H,4-6,11-15,21H2,1-3H3,(H,22,24). The highest BCUT2D eigenvalue weighted by Gasteiger charge is 2.33. The summed E-state index contributed by atoms with van der Waals surface area (Å²) in [4.78, 5) is 14.7. The van der Waals surface area contributed by atoms with Gasteiger partial charge < -0.3 is 16.0 Å². The molecule has 134 valence electrons. The maximum absolute atomic E-state index is 12.5. The molecule has 0 radical (unpaired) electrons. The van der Waals surface area contributed by atoms with E-state index in [2.05, 4.69) is 55.5 Å². The number of amides is 1. The monoisotopic (exact) mass is 331 g/mol. The Hall–Kier alpha value is -1.39. The van der Waals surface area contributed by atoms with E-state index < -0.39 is 0 Å². The van der Waals surface area contributed by atoms with E-state index in [-0.39, 0.29) is 17.4 Å². The van der Waals surface area contributed by atoms with Crippen molar-refractivity contribution in [2.24, 2.45) is 11.1 Å². The van der Waals surface area contributed by atoms with Crippen molar-refractivity contribution in [1.29, 1.82) is 0 Å². The summed E-state index contributed by atoms with van der Waals surface area (Å²) in [5, 5.41) is 3.15. The van der Waals surface area contributed by atoms with E-state index in [0.717, 1.165) is 12.8 Å². The first-order valence-electron chi connectivity index (χ1n) is 9.15. The second kappa shape index (κ2) is 8.63. The summed E-state index contributed by atoms with van der Waals surface area (Å²) in [5.74, 6) is 0.140. The smallest absolute Gasteiger partial charge is 0.220 e. The Morgan fingerprint density at radius 2 is 1.83 bits per heavy atom. The van der Waals surface area contributed by atoms with Crippen molar-refractivity contribution in [3.8, 4) is 0 Å². The Bertz CT molecular complexity index is 518. The third kappa shape index (κ3) is 5.05. The van der Waals surface area contributed by atoms with Crippen LogP contribution < -0.4 is 11.1 Å². The SMILES string of the molecule is Cc1ccc(C(CNC(=O)CC2(CN)CCCCC2)N(C)C)cc1. The van der Waals surface area contributed by atoms with Gasteiger partial charge in [0.05, 0.1) is 6.04 Å². The van der Waals surface area contributed by atoms with E-state index in [1.165, 1.54) is 30.4 Å². The van der Waals surface area contributed by atoms with E-state index in [0.29, 0.717) is 19.5 Å². The summed E-state index contributed by atoms with van der Waals surface area (Å²) in [7, 11) is 4.11. The summed E-state index contributed by atoms with van der Waals surface area (Å²) < 4.78 is 0. The number of carbonyl (C=O) groups excluding carboxylic acids is 1. The van der Waals surface area contributed by atoms with E-state index in [9.17, 15) is 4.79 Å². The van der Waals surface area contributed by atoms with E-state index >= 15 is 0 Å². The average Bonchev–Trinajstić information content (AvgIpc) is 2.57. The van der Waals surface area contributed by atoms with Crippen molar-refractivity contribution in [2.45, 2.75) is 51.5 Å². The number of hydrogen-bond donors (Lipinski definition) is 2. The molecule has 3 N–H and O–H groups in total. The quantitative estimate of drug-likeness (QED) is 0.807. The van der Waals surface area contributed by atoms with Gasteiger partial charge >= 0.3 is 0 Å². The second-order valence-electron chi connectivity index (χ2n) is 7.64. The van der Waals surface area contributed by atoms with E-state index in [1.54, 1.807) is 0 Å². The lowest BCUT2D eigenvalue weighted by atomic mass is 9.71. The van der Waals surface area contributed by atoms with Crippen molar-refractivity contribution >= 4 is 5.91 Å². The number of nitrogens with one attached hydrogen (secondary N) is 1. The Kier molecular flexibility index (Phi) is 6.81. The summed E-state index contributed by atoms with van der Waals surface area (Å²) >= 11 is 0. The van der Waals surface area contributed by atoms with Crippen molar-refractivity contribution in [3.05, 3.63) is 35.4 Å². The minimum atomic E-state index is 0.0276. The van der Waals surface area contributed by atoms with Crippen LogP contribution in [-0.4, -0.2) is 38.0 Å². The number of nitrogens with zero attached hydrogens (tertiary/aromatic N) is 1. The molecule has 1 fully saturated rings. The zero-order chi connectivity index (χ0) is 17.6. The number of rotatable bonds is 7. The third-order valence-corrected chi connectivity index (χ3v) is 5.46. The molecular formula is C20H33N3O. The molecule has 0 aromatic heterocycles. The minimum absolute atomic E-state index is 0.0276. The lowest BCUT2D eigenvalue weighted by molar-refractivity contribution is -0.124. The predicted molar refractivity (Wildman–Crippen MR) is 99.8 cm³/mol. The van der Waals surface area contributed by atoms with Crippen LogP contribution >= 0.6 is 0 Å². The first-order valence-corrected chi connectivity index (χ1v) is 9.15. The number of likely N-dealkylation sites (N-methyl/N-ethyl adjacent to an activating group) is 1. The highest BCUT2D eigenvalue weighted by atomic mass is 16.1. The summed E-state index contributed by atoms with van der Waals surface area (Å²) in [6.07, 6.45) is 6.43. The van der Waals surface area contributed by atoms with Crippen molar-refractivity contribution in [3.63, 3.8) is 0 Å². The molecule has 1 unspecified atom stereocenters. The predicted octanol–water partition coefficient (Wildman–Crippen LogP) is 3.01. The highest BCUT2D eigenvalue weighted by molar-refractivity contribution is 5.76. The summed E-state index contributed by atoms with van der Waals surface area (Å²) in [6, 6.07) is 8.73. The maximum atomic E-state index is 12.5. The van der Waals surface area contributed by atoms with Gasteiger partial charge in [-0.1, -0.05) is 49.1 Å². The highest BCUT2D eigenvalue weighted by Crippen LogP contribution is 2.38. The fourth-order valence-electron chi connectivity index (χ4n) is 3.76. The Morgan fingerprint density at radius 3 is 2.38 bits per heavy atom. The molecule has 0 spiro atoms. The summed E-state index contributed by atoms with van der Waals surface area (Å²) in [5.41, 5.74) is 8.52. The molecule has 1 aliphatic rings. The van der Waals surface area contributed by atoms with Crippen LogP contribution in [0.4, 0.5) is 0 Å².